The van der Waals surface area contributed by atoms with E-state index in [4.69, 9.17) is 4.74 Å². The van der Waals surface area contributed by atoms with Gasteiger partial charge in [-0.05, 0) is 13.0 Å². The van der Waals surface area contributed by atoms with Gasteiger partial charge in [0.25, 0.3) is 5.88 Å². The van der Waals surface area contributed by atoms with Gasteiger partial charge in [-0.2, -0.15) is 0 Å². The minimum absolute atomic E-state index is 0.0719. The second-order valence-corrected chi connectivity index (χ2v) is 2.27. The number of ether oxygens (including phenoxy) is 1. The van der Waals surface area contributed by atoms with Gasteiger partial charge in [-0.25, -0.2) is 4.98 Å². The van der Waals surface area contributed by atoms with Crippen molar-refractivity contribution in [1.82, 2.24) is 4.98 Å². The Morgan fingerprint density at radius 3 is 2.83 bits per heavy atom. The number of ketones is 1. The lowest BCUT2D eigenvalue weighted by Gasteiger charge is -2.03. The van der Waals surface area contributed by atoms with Crippen molar-refractivity contribution in [3.63, 3.8) is 0 Å². The summed E-state index contributed by atoms with van der Waals surface area (Å²) in [6.07, 6.45) is 1.41. The predicted octanol–water partition coefficient (Wildman–Crippen LogP) is 0.998. The summed E-state index contributed by atoms with van der Waals surface area (Å²) in [4.78, 5) is 14.6. The quantitative estimate of drug-likeness (QED) is 0.667. The number of pyridine rings is 1. The monoisotopic (exact) mass is 167 g/mol. The number of nitrogens with zero attached hydrogens (tertiary/aromatic N) is 1. The molecule has 64 valence electrons. The molecule has 0 bridgehead atoms. The van der Waals surface area contributed by atoms with Crippen molar-refractivity contribution >= 4 is 5.78 Å². The van der Waals surface area contributed by atoms with Crippen LogP contribution in [-0.4, -0.2) is 23.0 Å². The van der Waals surface area contributed by atoms with Crippen LogP contribution in [0.3, 0.4) is 0 Å². The molecule has 0 saturated heterocycles. The third kappa shape index (κ3) is 1.37. The molecule has 0 radical (unpaired) electrons. The fourth-order valence-corrected chi connectivity index (χ4v) is 0.868. The number of aromatic nitrogens is 1. The van der Waals surface area contributed by atoms with E-state index in [9.17, 15) is 9.90 Å². The largest absolute Gasteiger partial charge is 0.503 e. The van der Waals surface area contributed by atoms with Crippen LogP contribution >= 0.6 is 0 Å². The van der Waals surface area contributed by atoms with Crippen molar-refractivity contribution in [2.75, 3.05) is 7.11 Å². The number of hydrogen-bond acceptors (Lipinski definition) is 4. The fourth-order valence-electron chi connectivity index (χ4n) is 0.868. The van der Waals surface area contributed by atoms with Gasteiger partial charge >= 0.3 is 0 Å². The van der Waals surface area contributed by atoms with Crippen LogP contribution in [0.4, 0.5) is 0 Å². The summed E-state index contributed by atoms with van der Waals surface area (Å²) in [5.74, 6) is -0.344. The minimum Gasteiger partial charge on any atom is -0.503 e. The van der Waals surface area contributed by atoms with Crippen LogP contribution in [0, 0.1) is 0 Å². The molecule has 0 amide bonds. The average molecular weight is 167 g/mol. The first-order chi connectivity index (χ1) is 5.66. The van der Waals surface area contributed by atoms with Crippen molar-refractivity contribution in [3.8, 4) is 11.6 Å². The molecular weight excluding hydrogens is 158 g/mol. The van der Waals surface area contributed by atoms with Gasteiger partial charge in [0, 0.05) is 6.20 Å². The Balaban J connectivity index is 3.23. The van der Waals surface area contributed by atoms with Gasteiger partial charge in [0.05, 0.1) is 12.7 Å². The molecule has 0 aliphatic carbocycles. The van der Waals surface area contributed by atoms with E-state index in [1.54, 1.807) is 0 Å². The zero-order valence-electron chi connectivity index (χ0n) is 6.87. The van der Waals surface area contributed by atoms with Crippen molar-refractivity contribution in [2.45, 2.75) is 6.92 Å². The molecule has 0 aromatic carbocycles. The number of aromatic hydroxyl groups is 1. The lowest BCUT2D eigenvalue weighted by atomic mass is 10.2. The van der Waals surface area contributed by atoms with E-state index in [0.717, 1.165) is 0 Å². The Bertz CT molecular complexity index is 309. The first kappa shape index (κ1) is 8.52. The van der Waals surface area contributed by atoms with E-state index in [1.807, 2.05) is 0 Å². The predicted molar refractivity (Wildman–Crippen MR) is 42.5 cm³/mol. The molecule has 12 heavy (non-hydrogen) atoms. The number of methoxy groups -OCH3 is 1. The zero-order chi connectivity index (χ0) is 9.14. The molecule has 1 rings (SSSR count). The summed E-state index contributed by atoms with van der Waals surface area (Å²) in [5, 5.41) is 9.35. The molecule has 0 aliphatic heterocycles. The lowest BCUT2D eigenvalue weighted by molar-refractivity contribution is 0.101. The molecule has 1 aromatic rings. The van der Waals surface area contributed by atoms with Crippen LogP contribution in [0.2, 0.25) is 0 Å². The maximum Gasteiger partial charge on any atom is 0.257 e. The first-order valence-corrected chi connectivity index (χ1v) is 3.39. The second kappa shape index (κ2) is 3.21. The van der Waals surface area contributed by atoms with Gasteiger partial charge < -0.3 is 9.84 Å². The van der Waals surface area contributed by atoms with E-state index in [1.165, 1.54) is 26.3 Å². The highest BCUT2D eigenvalue weighted by Crippen LogP contribution is 2.26. The number of rotatable bonds is 2. The van der Waals surface area contributed by atoms with Crippen LogP contribution in [-0.2, 0) is 0 Å². The van der Waals surface area contributed by atoms with Gasteiger partial charge in [-0.15, -0.1) is 0 Å². The van der Waals surface area contributed by atoms with Gasteiger partial charge in [-0.1, -0.05) is 0 Å². The molecule has 1 aromatic heterocycles. The highest BCUT2D eigenvalue weighted by atomic mass is 16.5. The van der Waals surface area contributed by atoms with E-state index in [0.29, 0.717) is 0 Å². The lowest BCUT2D eigenvalue weighted by Crippen LogP contribution is -1.96. The minimum atomic E-state index is -0.215. The number of carbonyl (C=O) groups excluding carboxylic acids is 1. The van der Waals surface area contributed by atoms with Crippen LogP contribution in [0.25, 0.3) is 0 Å². The summed E-state index contributed by atoms with van der Waals surface area (Å²) in [5.41, 5.74) is 0.224. The third-order valence-corrected chi connectivity index (χ3v) is 1.46. The zero-order valence-corrected chi connectivity index (χ0v) is 6.87. The maximum atomic E-state index is 10.9. The molecule has 0 aliphatic rings. The van der Waals surface area contributed by atoms with Gasteiger partial charge in [0.1, 0.15) is 0 Å². The Hall–Kier alpha value is -1.58. The summed E-state index contributed by atoms with van der Waals surface area (Å²) >= 11 is 0. The highest BCUT2D eigenvalue weighted by molar-refractivity contribution is 5.97. The van der Waals surface area contributed by atoms with E-state index < -0.39 is 0 Å². The molecule has 1 heterocycles. The van der Waals surface area contributed by atoms with Crippen LogP contribution in [0.1, 0.15) is 17.3 Å². The number of carbonyl (C=O) groups is 1. The number of hydrogen-bond donors (Lipinski definition) is 1. The molecule has 0 unspecified atom stereocenters. The van der Waals surface area contributed by atoms with Crippen molar-refractivity contribution in [2.24, 2.45) is 0 Å². The van der Waals surface area contributed by atoms with E-state index in [2.05, 4.69) is 4.98 Å². The molecular formula is C8H9NO3. The van der Waals surface area contributed by atoms with E-state index in [-0.39, 0.29) is 23.0 Å². The molecule has 0 saturated carbocycles. The van der Waals surface area contributed by atoms with E-state index >= 15 is 0 Å². The van der Waals surface area contributed by atoms with Crippen molar-refractivity contribution < 1.29 is 14.6 Å². The topological polar surface area (TPSA) is 59.4 Å². The second-order valence-electron chi connectivity index (χ2n) is 2.27. The maximum absolute atomic E-state index is 10.9. The fraction of sp³-hybridized carbons (Fsp3) is 0.250. The molecule has 4 heteroatoms. The first-order valence-electron chi connectivity index (χ1n) is 3.39. The van der Waals surface area contributed by atoms with Crippen molar-refractivity contribution in [1.29, 1.82) is 0 Å². The summed E-state index contributed by atoms with van der Waals surface area (Å²) in [6.45, 7) is 1.37. The standard InChI is InChI=1S/C8H9NO3/c1-5(10)6-3-4-9-8(12-2)7(6)11/h3-4,11H,1-2H3. The van der Waals surface area contributed by atoms with Crippen LogP contribution in [0.15, 0.2) is 12.3 Å². The Labute approximate surface area is 69.8 Å². The van der Waals surface area contributed by atoms with Crippen LogP contribution in [0.5, 0.6) is 11.6 Å². The number of Topliss-reactive ketones (excluding diaryl/α,β-unsaturated/α-hetero) is 1. The summed E-state index contributed by atoms with van der Waals surface area (Å²) in [7, 11) is 1.38. The van der Waals surface area contributed by atoms with Crippen molar-refractivity contribution in [3.05, 3.63) is 17.8 Å². The Morgan fingerprint density at radius 1 is 1.67 bits per heavy atom. The Kier molecular flexibility index (Phi) is 2.28. The molecule has 1 N–H and O–H groups in total. The normalized spacial score (nSPS) is 9.50. The van der Waals surface area contributed by atoms with Crippen LogP contribution < -0.4 is 4.74 Å². The highest BCUT2D eigenvalue weighted by Gasteiger charge is 2.11. The summed E-state index contributed by atoms with van der Waals surface area (Å²) < 4.78 is 4.72. The smallest absolute Gasteiger partial charge is 0.257 e. The molecule has 0 atom stereocenters. The average Bonchev–Trinajstić information content (AvgIpc) is 2.04. The Morgan fingerprint density at radius 2 is 2.33 bits per heavy atom. The summed E-state index contributed by atoms with van der Waals surface area (Å²) in [6, 6.07) is 1.44. The van der Waals surface area contributed by atoms with Gasteiger partial charge in [0.2, 0.25) is 0 Å². The molecule has 0 spiro atoms. The van der Waals surface area contributed by atoms with Gasteiger partial charge in [0.15, 0.2) is 11.5 Å². The van der Waals surface area contributed by atoms with Gasteiger partial charge in [-0.3, -0.25) is 4.79 Å². The SMILES string of the molecule is COc1nccc(C(C)=O)c1O. The molecule has 0 fully saturated rings. The molecule has 4 nitrogen and oxygen atoms in total. The third-order valence-electron chi connectivity index (χ3n) is 1.46.